The number of fused-ring (bicyclic) bond motifs is 1. The minimum absolute atomic E-state index is 0.147. The van der Waals surface area contributed by atoms with Gasteiger partial charge in [-0.3, -0.25) is 10.1 Å². The fraction of sp³-hybridized carbons (Fsp3) is 0.318. The van der Waals surface area contributed by atoms with E-state index in [0.29, 0.717) is 16.1 Å². The molecule has 1 aliphatic rings. The number of anilines is 3. The van der Waals surface area contributed by atoms with Crippen LogP contribution in [0.2, 0.25) is 5.02 Å². The van der Waals surface area contributed by atoms with Crippen LogP contribution in [-0.4, -0.2) is 48.0 Å². The summed E-state index contributed by atoms with van der Waals surface area (Å²) in [5, 5.41) is 4.12. The summed E-state index contributed by atoms with van der Waals surface area (Å²) in [5.74, 6) is 1.12. The molecule has 0 radical (unpaired) electrons. The Kier molecular flexibility index (Phi) is 6.32. The SMILES string of the molecule is CN1CCC(/C=C/C(=O)Nc2nc3ccc(N(C)c4ccc(Cl)cc4)nc3s2)CC1. The lowest BCUT2D eigenvalue weighted by atomic mass is 9.97. The van der Waals surface area contributed by atoms with Crippen LogP contribution in [0.5, 0.6) is 0 Å². The van der Waals surface area contributed by atoms with Crippen LogP contribution in [0.4, 0.5) is 16.6 Å². The summed E-state index contributed by atoms with van der Waals surface area (Å²) in [4.78, 5) is 26.6. The second kappa shape index (κ2) is 9.12. The maximum Gasteiger partial charge on any atom is 0.249 e. The smallest absolute Gasteiger partial charge is 0.249 e. The van der Waals surface area contributed by atoms with Gasteiger partial charge in [-0.2, -0.15) is 0 Å². The molecule has 1 N–H and O–H groups in total. The number of amides is 1. The second-order valence-corrected chi connectivity index (χ2v) is 8.95. The average molecular weight is 442 g/mol. The lowest BCUT2D eigenvalue weighted by molar-refractivity contribution is -0.111. The molecule has 1 aromatic carbocycles. The number of hydrogen-bond donors (Lipinski definition) is 1. The molecule has 0 aliphatic carbocycles. The van der Waals surface area contributed by atoms with Crippen molar-refractivity contribution in [1.82, 2.24) is 14.9 Å². The Morgan fingerprint density at radius 1 is 1.20 bits per heavy atom. The normalized spacial score (nSPS) is 15.7. The number of benzene rings is 1. The number of carbonyl (C=O) groups is 1. The summed E-state index contributed by atoms with van der Waals surface area (Å²) >= 11 is 7.35. The molecule has 6 nitrogen and oxygen atoms in total. The molecular formula is C22H24ClN5OS. The Morgan fingerprint density at radius 3 is 2.67 bits per heavy atom. The predicted octanol–water partition coefficient (Wildman–Crippen LogP) is 4.95. The molecule has 1 fully saturated rings. The summed E-state index contributed by atoms with van der Waals surface area (Å²) < 4.78 is 0. The molecule has 1 saturated heterocycles. The quantitative estimate of drug-likeness (QED) is 0.567. The first-order valence-corrected chi connectivity index (χ1v) is 11.1. The van der Waals surface area contributed by atoms with Crippen LogP contribution in [0.1, 0.15) is 12.8 Å². The highest BCUT2D eigenvalue weighted by atomic mass is 35.5. The summed E-state index contributed by atoms with van der Waals surface area (Å²) in [7, 11) is 4.08. The van der Waals surface area contributed by atoms with Gasteiger partial charge in [0.05, 0.1) is 0 Å². The van der Waals surface area contributed by atoms with Gasteiger partial charge < -0.3 is 9.80 Å². The molecule has 0 saturated carbocycles. The third-order valence-electron chi connectivity index (χ3n) is 5.31. The maximum absolute atomic E-state index is 12.3. The number of hydrogen-bond acceptors (Lipinski definition) is 6. The minimum atomic E-state index is -0.147. The van der Waals surface area contributed by atoms with E-state index in [4.69, 9.17) is 16.6 Å². The molecule has 0 unspecified atom stereocenters. The van der Waals surface area contributed by atoms with Gasteiger partial charge in [0.25, 0.3) is 0 Å². The summed E-state index contributed by atoms with van der Waals surface area (Å²) in [6.07, 6.45) is 5.84. The van der Waals surface area contributed by atoms with E-state index in [-0.39, 0.29) is 5.91 Å². The van der Waals surface area contributed by atoms with E-state index >= 15 is 0 Å². The Morgan fingerprint density at radius 2 is 1.93 bits per heavy atom. The van der Waals surface area contributed by atoms with Crippen LogP contribution >= 0.6 is 22.9 Å². The van der Waals surface area contributed by atoms with E-state index in [2.05, 4.69) is 22.2 Å². The van der Waals surface area contributed by atoms with Crippen LogP contribution in [0.3, 0.4) is 0 Å². The van der Waals surface area contributed by atoms with Gasteiger partial charge in [-0.05, 0) is 81.4 Å². The molecule has 1 aliphatic heterocycles. The first-order valence-electron chi connectivity index (χ1n) is 9.92. The third-order valence-corrected chi connectivity index (χ3v) is 6.44. The number of thiazole rings is 1. The zero-order chi connectivity index (χ0) is 21.1. The van der Waals surface area contributed by atoms with Crippen molar-refractivity contribution in [2.75, 3.05) is 37.4 Å². The molecule has 0 bridgehead atoms. The van der Waals surface area contributed by atoms with Crippen molar-refractivity contribution in [2.45, 2.75) is 12.8 Å². The molecule has 0 spiro atoms. The van der Waals surface area contributed by atoms with Crippen molar-refractivity contribution < 1.29 is 4.79 Å². The second-order valence-electron chi connectivity index (χ2n) is 7.54. The summed E-state index contributed by atoms with van der Waals surface area (Å²) in [6.45, 7) is 2.15. The average Bonchev–Trinajstić information content (AvgIpc) is 3.14. The van der Waals surface area contributed by atoms with E-state index in [1.165, 1.54) is 11.3 Å². The van der Waals surface area contributed by atoms with Gasteiger partial charge in [-0.25, -0.2) is 9.97 Å². The van der Waals surface area contributed by atoms with Crippen molar-refractivity contribution in [1.29, 1.82) is 0 Å². The topological polar surface area (TPSA) is 61.4 Å². The van der Waals surface area contributed by atoms with Crippen LogP contribution in [0.15, 0.2) is 48.6 Å². The number of rotatable bonds is 5. The number of aromatic nitrogens is 2. The van der Waals surface area contributed by atoms with Crippen LogP contribution in [0.25, 0.3) is 10.3 Å². The van der Waals surface area contributed by atoms with E-state index < -0.39 is 0 Å². The fourth-order valence-electron chi connectivity index (χ4n) is 3.44. The van der Waals surface area contributed by atoms with Crippen molar-refractivity contribution >= 4 is 55.8 Å². The highest BCUT2D eigenvalue weighted by Gasteiger charge is 2.15. The molecule has 4 rings (SSSR count). The first kappa shape index (κ1) is 20.8. The summed E-state index contributed by atoms with van der Waals surface area (Å²) in [6, 6.07) is 11.4. The number of nitrogens with zero attached hydrogens (tertiary/aromatic N) is 4. The number of nitrogens with one attached hydrogen (secondary N) is 1. The van der Waals surface area contributed by atoms with Crippen LogP contribution < -0.4 is 10.2 Å². The van der Waals surface area contributed by atoms with Crippen molar-refractivity contribution in [3.8, 4) is 0 Å². The molecule has 0 atom stereocenters. The molecule has 8 heteroatoms. The zero-order valence-corrected chi connectivity index (χ0v) is 18.6. The molecule has 156 valence electrons. The van der Waals surface area contributed by atoms with E-state index in [9.17, 15) is 4.79 Å². The predicted molar refractivity (Wildman–Crippen MR) is 125 cm³/mol. The van der Waals surface area contributed by atoms with Gasteiger partial charge in [0.15, 0.2) is 5.13 Å². The van der Waals surface area contributed by atoms with Gasteiger partial charge in [-0.1, -0.05) is 29.0 Å². The van der Waals surface area contributed by atoms with Crippen LogP contribution in [-0.2, 0) is 4.79 Å². The Balaban J connectivity index is 1.43. The number of pyridine rings is 1. The minimum Gasteiger partial charge on any atom is -0.329 e. The standard InChI is InChI=1S/C22H24ClN5OS/c1-27-13-11-15(12-14-27)3-10-20(29)26-22-24-18-8-9-19(25-21(18)30-22)28(2)17-6-4-16(23)5-7-17/h3-10,15H,11-14H2,1-2H3,(H,24,26,29)/b10-3+. The van der Waals surface area contributed by atoms with Gasteiger partial charge in [-0.15, -0.1) is 0 Å². The molecule has 3 aromatic rings. The van der Waals surface area contributed by atoms with Crippen molar-refractivity contribution in [3.05, 3.63) is 53.6 Å². The number of allylic oxidation sites excluding steroid dienone is 1. The van der Waals surface area contributed by atoms with Gasteiger partial charge in [0.2, 0.25) is 5.91 Å². The lowest BCUT2D eigenvalue weighted by Crippen LogP contribution is -2.29. The Labute approximate surface area is 185 Å². The summed E-state index contributed by atoms with van der Waals surface area (Å²) in [5.41, 5.74) is 1.76. The molecule has 1 amide bonds. The van der Waals surface area contributed by atoms with Gasteiger partial charge >= 0.3 is 0 Å². The Hall–Kier alpha value is -2.48. The number of carbonyl (C=O) groups excluding carboxylic acids is 1. The molecule has 3 heterocycles. The third kappa shape index (κ3) is 4.98. The highest BCUT2D eigenvalue weighted by molar-refractivity contribution is 7.22. The zero-order valence-electron chi connectivity index (χ0n) is 17.0. The first-order chi connectivity index (χ1) is 14.5. The lowest BCUT2D eigenvalue weighted by Gasteiger charge is -2.26. The van der Waals surface area contributed by atoms with E-state index in [0.717, 1.165) is 47.8 Å². The van der Waals surface area contributed by atoms with Gasteiger partial charge in [0, 0.05) is 17.8 Å². The van der Waals surface area contributed by atoms with E-state index in [1.54, 1.807) is 6.08 Å². The number of halogens is 1. The Bertz CT molecular complexity index is 1060. The maximum atomic E-state index is 12.3. The molecule has 2 aromatic heterocycles. The molecular weight excluding hydrogens is 418 g/mol. The fourth-order valence-corrected chi connectivity index (χ4v) is 4.40. The monoisotopic (exact) mass is 441 g/mol. The van der Waals surface area contributed by atoms with Crippen molar-refractivity contribution in [3.63, 3.8) is 0 Å². The largest absolute Gasteiger partial charge is 0.329 e. The number of piperidine rings is 1. The highest BCUT2D eigenvalue weighted by Crippen LogP contribution is 2.29. The molecule has 30 heavy (non-hydrogen) atoms. The van der Waals surface area contributed by atoms with Crippen LogP contribution in [0, 0.1) is 5.92 Å². The van der Waals surface area contributed by atoms with Crippen molar-refractivity contribution in [2.24, 2.45) is 5.92 Å². The van der Waals surface area contributed by atoms with E-state index in [1.807, 2.05) is 54.4 Å². The van der Waals surface area contributed by atoms with Gasteiger partial charge in [0.1, 0.15) is 16.2 Å². The number of likely N-dealkylation sites (tertiary alicyclic amines) is 1.